The Balaban J connectivity index is 1.15. The quantitative estimate of drug-likeness (QED) is 0.163. The molecule has 1 aromatic heterocycles. The van der Waals surface area contributed by atoms with Crippen LogP contribution in [0.25, 0.3) is 11.3 Å². The van der Waals surface area contributed by atoms with Crippen molar-refractivity contribution in [2.45, 2.75) is 30.4 Å². The van der Waals surface area contributed by atoms with Gasteiger partial charge in [0.1, 0.15) is 0 Å². The van der Waals surface area contributed by atoms with Gasteiger partial charge in [0.15, 0.2) is 11.7 Å². The second-order valence-corrected chi connectivity index (χ2v) is 11.9. The number of hydrogen-bond acceptors (Lipinski definition) is 9. The van der Waals surface area contributed by atoms with Gasteiger partial charge in [-0.1, -0.05) is 35.9 Å². The number of carbonyl (C=O) groups excluding carboxylic acids is 4. The number of aryl methyl sites for hydroxylation is 2. The molecule has 0 spiro atoms. The maximum absolute atomic E-state index is 13.0. The lowest BCUT2D eigenvalue weighted by Crippen LogP contribution is -2.31. The fraction of sp³-hybridized carbons (Fsp3) is 0.167. The number of nitrogens with two attached hydrogens (primary N) is 1. The number of rotatable bonds is 8. The number of hydrogen-bond donors (Lipinski definition) is 2. The number of thiazole rings is 1. The zero-order chi connectivity index (χ0) is 29.1. The predicted octanol–water partition coefficient (Wildman–Crippen LogP) is 5.23. The van der Waals surface area contributed by atoms with E-state index in [0.717, 1.165) is 31.5 Å². The van der Waals surface area contributed by atoms with Crippen LogP contribution in [0.4, 0.5) is 16.5 Å². The Hall–Kier alpha value is -4.48. The lowest BCUT2D eigenvalue weighted by Gasteiger charge is -2.15. The van der Waals surface area contributed by atoms with E-state index < -0.39 is 23.7 Å². The summed E-state index contributed by atoms with van der Waals surface area (Å²) in [5.41, 5.74) is 9.81. The number of carbonyl (C=O) groups is 4. The van der Waals surface area contributed by atoms with Crippen LogP contribution in [-0.2, 0) is 19.1 Å². The minimum atomic E-state index is -0.712. The van der Waals surface area contributed by atoms with E-state index in [9.17, 15) is 19.2 Å². The van der Waals surface area contributed by atoms with Gasteiger partial charge in [-0.2, -0.15) is 0 Å². The summed E-state index contributed by atoms with van der Waals surface area (Å²) < 4.78 is 5.16. The van der Waals surface area contributed by atoms with Crippen molar-refractivity contribution in [2.24, 2.45) is 0 Å². The number of nitrogen functional groups attached to an aromatic ring is 1. The molecule has 0 aliphatic carbocycles. The zero-order valence-corrected chi connectivity index (χ0v) is 23.9. The van der Waals surface area contributed by atoms with E-state index in [1.54, 1.807) is 18.2 Å². The fourth-order valence-electron chi connectivity index (χ4n) is 4.27. The molecule has 1 atom stereocenters. The number of aromatic nitrogens is 1. The summed E-state index contributed by atoms with van der Waals surface area (Å²) >= 11 is 2.62. The molecule has 208 valence electrons. The highest BCUT2D eigenvalue weighted by Gasteiger charge is 2.40. The van der Waals surface area contributed by atoms with Gasteiger partial charge < -0.3 is 10.5 Å². The third-order valence-electron chi connectivity index (χ3n) is 6.31. The lowest BCUT2D eigenvalue weighted by molar-refractivity contribution is -0.121. The molecular formula is C30H26N4O5S2. The number of anilines is 3. The van der Waals surface area contributed by atoms with Crippen LogP contribution in [0.3, 0.4) is 0 Å². The average molecular weight is 587 g/mol. The van der Waals surface area contributed by atoms with Crippen LogP contribution in [-0.4, -0.2) is 40.5 Å². The standard InChI is InChI=1S/C30H26N4O5S2/c1-17-6-8-19(9-7-17)27-18(2)40-30(33-27)32-25(35)16-39-29(38)20-10-12-22(13-11-20)34-26(36)15-24(28(34)37)41-23-5-3-4-21(31)14-23/h3-14,24H,15-16,31H2,1-2H3,(H,32,33,35). The third-order valence-corrected chi connectivity index (χ3v) is 8.37. The van der Waals surface area contributed by atoms with Crippen molar-refractivity contribution in [1.29, 1.82) is 0 Å². The average Bonchev–Trinajstić information content (AvgIpc) is 3.44. The Bertz CT molecular complexity index is 1630. The van der Waals surface area contributed by atoms with Crippen LogP contribution in [0, 0.1) is 13.8 Å². The molecule has 3 amide bonds. The highest BCUT2D eigenvalue weighted by molar-refractivity contribution is 8.00. The number of esters is 1. The highest BCUT2D eigenvalue weighted by atomic mass is 32.2. The monoisotopic (exact) mass is 586 g/mol. The lowest BCUT2D eigenvalue weighted by atomic mass is 10.1. The van der Waals surface area contributed by atoms with Crippen LogP contribution in [0.5, 0.6) is 0 Å². The molecule has 5 rings (SSSR count). The summed E-state index contributed by atoms with van der Waals surface area (Å²) in [4.78, 5) is 58.0. The smallest absolute Gasteiger partial charge is 0.338 e. The van der Waals surface area contributed by atoms with Crippen molar-refractivity contribution in [3.63, 3.8) is 0 Å². The first-order chi connectivity index (χ1) is 19.7. The van der Waals surface area contributed by atoms with Crippen LogP contribution in [0.15, 0.2) is 77.7 Å². The number of nitrogens with zero attached hydrogens (tertiary/aromatic N) is 2. The van der Waals surface area contributed by atoms with Gasteiger partial charge in [-0.15, -0.1) is 23.1 Å². The van der Waals surface area contributed by atoms with Crippen LogP contribution < -0.4 is 16.0 Å². The molecule has 0 bridgehead atoms. The third kappa shape index (κ3) is 6.47. The molecule has 3 aromatic carbocycles. The largest absolute Gasteiger partial charge is 0.452 e. The molecule has 9 nitrogen and oxygen atoms in total. The SMILES string of the molecule is Cc1ccc(-c2nc(NC(=O)COC(=O)c3ccc(N4C(=O)CC(Sc5cccc(N)c5)C4=O)cc3)sc2C)cc1. The molecule has 4 aromatic rings. The van der Waals surface area contributed by atoms with Gasteiger partial charge in [-0.3, -0.25) is 19.7 Å². The highest BCUT2D eigenvalue weighted by Crippen LogP contribution is 2.35. The van der Waals surface area contributed by atoms with Crippen molar-refractivity contribution >= 4 is 63.3 Å². The summed E-state index contributed by atoms with van der Waals surface area (Å²) in [6.07, 6.45) is 0.0579. The molecule has 1 fully saturated rings. The Kier molecular flexibility index (Phi) is 8.18. The molecule has 1 aliphatic rings. The van der Waals surface area contributed by atoms with E-state index >= 15 is 0 Å². The van der Waals surface area contributed by atoms with Crippen molar-refractivity contribution in [1.82, 2.24) is 4.98 Å². The number of benzene rings is 3. The van der Waals surface area contributed by atoms with E-state index in [4.69, 9.17) is 10.5 Å². The normalized spacial score (nSPS) is 14.8. The first kappa shape index (κ1) is 28.1. The minimum absolute atomic E-state index is 0.0579. The van der Waals surface area contributed by atoms with Gasteiger partial charge in [-0.25, -0.2) is 14.7 Å². The topological polar surface area (TPSA) is 132 Å². The first-order valence-electron chi connectivity index (χ1n) is 12.7. The van der Waals surface area contributed by atoms with Crippen molar-refractivity contribution in [3.8, 4) is 11.3 Å². The Morgan fingerprint density at radius 2 is 1.80 bits per heavy atom. The summed E-state index contributed by atoms with van der Waals surface area (Å²) in [5, 5.41) is 2.52. The Morgan fingerprint density at radius 3 is 2.51 bits per heavy atom. The van der Waals surface area contributed by atoms with E-state index in [1.807, 2.05) is 44.2 Å². The predicted molar refractivity (Wildman–Crippen MR) is 160 cm³/mol. The van der Waals surface area contributed by atoms with Gasteiger partial charge in [0.2, 0.25) is 11.8 Å². The maximum Gasteiger partial charge on any atom is 0.338 e. The fourth-order valence-corrected chi connectivity index (χ4v) is 6.24. The Morgan fingerprint density at radius 1 is 1.07 bits per heavy atom. The maximum atomic E-state index is 13.0. The zero-order valence-electron chi connectivity index (χ0n) is 22.2. The molecule has 1 aliphatic heterocycles. The van der Waals surface area contributed by atoms with Crippen LogP contribution >= 0.6 is 23.1 Å². The van der Waals surface area contributed by atoms with E-state index in [1.165, 1.54) is 47.4 Å². The van der Waals surface area contributed by atoms with Gasteiger partial charge in [-0.05, 0) is 56.3 Å². The van der Waals surface area contributed by atoms with Gasteiger partial charge >= 0.3 is 5.97 Å². The second kappa shape index (κ2) is 11.9. The molecular weight excluding hydrogens is 560 g/mol. The van der Waals surface area contributed by atoms with Gasteiger partial charge in [0, 0.05) is 27.4 Å². The van der Waals surface area contributed by atoms with E-state index in [-0.39, 0.29) is 23.8 Å². The molecule has 11 heteroatoms. The number of ether oxygens (including phenoxy) is 1. The molecule has 0 radical (unpaired) electrons. The van der Waals surface area contributed by atoms with E-state index in [2.05, 4.69) is 10.3 Å². The number of imide groups is 1. The van der Waals surface area contributed by atoms with E-state index in [0.29, 0.717) is 16.5 Å². The molecule has 2 heterocycles. The molecule has 41 heavy (non-hydrogen) atoms. The summed E-state index contributed by atoms with van der Waals surface area (Å²) in [7, 11) is 0. The first-order valence-corrected chi connectivity index (χ1v) is 14.4. The molecule has 0 saturated carbocycles. The molecule has 1 unspecified atom stereocenters. The summed E-state index contributed by atoms with van der Waals surface area (Å²) in [5.74, 6) is -1.89. The van der Waals surface area contributed by atoms with Crippen LogP contribution in [0.2, 0.25) is 0 Å². The molecule has 1 saturated heterocycles. The van der Waals surface area contributed by atoms with Crippen molar-refractivity contribution in [3.05, 3.63) is 88.8 Å². The number of thioether (sulfide) groups is 1. The van der Waals surface area contributed by atoms with Gasteiger partial charge in [0.25, 0.3) is 5.91 Å². The minimum Gasteiger partial charge on any atom is -0.452 e. The molecule has 3 N–H and O–H groups in total. The number of nitrogens with one attached hydrogen (secondary N) is 1. The van der Waals surface area contributed by atoms with Crippen molar-refractivity contribution in [2.75, 3.05) is 22.6 Å². The summed E-state index contributed by atoms with van der Waals surface area (Å²) in [6, 6.07) is 21.0. The van der Waals surface area contributed by atoms with Gasteiger partial charge in [0.05, 0.1) is 22.2 Å². The van der Waals surface area contributed by atoms with Crippen LogP contribution in [0.1, 0.15) is 27.2 Å². The Labute approximate surface area is 244 Å². The number of amides is 3. The van der Waals surface area contributed by atoms with Crippen molar-refractivity contribution < 1.29 is 23.9 Å². The second-order valence-electron chi connectivity index (χ2n) is 9.41. The summed E-state index contributed by atoms with van der Waals surface area (Å²) in [6.45, 7) is 3.44.